The number of hydrogen-bond donors (Lipinski definition) is 1. The molecule has 2 aromatic carbocycles. The van der Waals surface area contributed by atoms with Gasteiger partial charge in [-0.3, -0.25) is 4.79 Å². The van der Waals surface area contributed by atoms with Gasteiger partial charge in [0.1, 0.15) is 5.82 Å². The van der Waals surface area contributed by atoms with E-state index in [9.17, 15) is 4.79 Å². The van der Waals surface area contributed by atoms with Gasteiger partial charge in [0.05, 0.1) is 11.4 Å². The van der Waals surface area contributed by atoms with Crippen LogP contribution in [0.1, 0.15) is 16.8 Å². The lowest BCUT2D eigenvalue weighted by molar-refractivity contribution is -0.111. The molecule has 136 valence electrons. The Morgan fingerprint density at radius 1 is 1.15 bits per heavy atom. The maximum absolute atomic E-state index is 12.5. The molecule has 1 aliphatic heterocycles. The summed E-state index contributed by atoms with van der Waals surface area (Å²) in [4.78, 5) is 12.5. The maximum atomic E-state index is 12.5. The Labute approximate surface area is 171 Å². The summed E-state index contributed by atoms with van der Waals surface area (Å²) in [5.74, 6) is 2.10. The van der Waals surface area contributed by atoms with Crippen molar-refractivity contribution in [3.63, 3.8) is 0 Å². The first kappa shape index (κ1) is 18.2. The van der Waals surface area contributed by atoms with Crippen LogP contribution in [0.4, 0.5) is 5.82 Å². The fraction of sp³-hybridized carbons (Fsp3) is 0.100. The van der Waals surface area contributed by atoms with Crippen LogP contribution in [0.5, 0.6) is 0 Å². The third kappa shape index (κ3) is 3.90. The minimum Gasteiger partial charge on any atom is -0.307 e. The van der Waals surface area contributed by atoms with Crippen LogP contribution >= 0.6 is 35.0 Å². The Morgan fingerprint density at radius 2 is 2.00 bits per heavy atom. The lowest BCUT2D eigenvalue weighted by Crippen LogP contribution is -2.13. The smallest absolute Gasteiger partial charge is 0.249 e. The van der Waals surface area contributed by atoms with Gasteiger partial charge in [-0.2, -0.15) is 16.9 Å². The van der Waals surface area contributed by atoms with Crippen LogP contribution in [-0.2, 0) is 16.3 Å². The quantitative estimate of drug-likeness (QED) is 0.565. The standard InChI is InChI=1S/C20H15Cl2N3OS/c21-14-5-3-6-15(10-14)25-20(16-11-27-12-18(16)24-25)23-19(26)9-8-13-4-1-2-7-17(13)22/h1-10H,11-12H2,(H,23,26)/b9-8+. The molecule has 0 aliphatic carbocycles. The summed E-state index contributed by atoms with van der Waals surface area (Å²) in [7, 11) is 0. The fourth-order valence-electron chi connectivity index (χ4n) is 2.87. The highest BCUT2D eigenvalue weighted by molar-refractivity contribution is 7.98. The van der Waals surface area contributed by atoms with E-state index < -0.39 is 0 Å². The first-order chi connectivity index (χ1) is 13.1. The molecular weight excluding hydrogens is 401 g/mol. The highest BCUT2D eigenvalue weighted by Crippen LogP contribution is 2.36. The molecule has 1 aromatic heterocycles. The monoisotopic (exact) mass is 415 g/mol. The summed E-state index contributed by atoms with van der Waals surface area (Å²) < 4.78 is 1.75. The van der Waals surface area contributed by atoms with Gasteiger partial charge in [-0.05, 0) is 35.9 Å². The Morgan fingerprint density at radius 3 is 2.81 bits per heavy atom. The number of anilines is 1. The lowest BCUT2D eigenvalue weighted by Gasteiger charge is -2.10. The van der Waals surface area contributed by atoms with Gasteiger partial charge in [-0.1, -0.05) is 47.5 Å². The Bertz CT molecular complexity index is 1050. The Balaban J connectivity index is 1.63. The summed E-state index contributed by atoms with van der Waals surface area (Å²) >= 11 is 14.0. The molecule has 0 radical (unpaired) electrons. The molecule has 27 heavy (non-hydrogen) atoms. The van der Waals surface area contributed by atoms with Crippen molar-refractivity contribution >= 4 is 52.8 Å². The number of rotatable bonds is 4. The second-order valence-corrected chi connectivity index (χ2v) is 7.83. The summed E-state index contributed by atoms with van der Waals surface area (Å²) in [5.41, 5.74) is 3.65. The van der Waals surface area contributed by atoms with Crippen molar-refractivity contribution in [2.45, 2.75) is 11.5 Å². The Hall–Kier alpha value is -2.21. The molecule has 0 saturated heterocycles. The number of carbonyl (C=O) groups excluding carboxylic acids is 1. The van der Waals surface area contributed by atoms with Crippen LogP contribution in [0.25, 0.3) is 11.8 Å². The molecule has 2 heterocycles. The number of thioether (sulfide) groups is 1. The van der Waals surface area contributed by atoms with Crippen LogP contribution in [0, 0.1) is 0 Å². The first-order valence-corrected chi connectivity index (χ1v) is 10.2. The molecule has 1 amide bonds. The SMILES string of the molecule is O=C(/C=C/c1ccccc1Cl)Nc1c2c(nn1-c1cccc(Cl)c1)CSC2. The number of carbonyl (C=O) groups is 1. The van der Waals surface area contributed by atoms with E-state index in [-0.39, 0.29) is 5.91 Å². The molecule has 0 fully saturated rings. The lowest BCUT2D eigenvalue weighted by atomic mass is 10.2. The molecule has 4 rings (SSSR count). The highest BCUT2D eigenvalue weighted by Gasteiger charge is 2.24. The molecule has 0 atom stereocenters. The van der Waals surface area contributed by atoms with Crippen molar-refractivity contribution in [1.29, 1.82) is 0 Å². The first-order valence-electron chi connectivity index (χ1n) is 8.30. The minimum absolute atomic E-state index is 0.238. The molecule has 7 heteroatoms. The second-order valence-electron chi connectivity index (χ2n) is 6.00. The Kier molecular flexibility index (Phi) is 5.25. The van der Waals surface area contributed by atoms with E-state index in [1.165, 1.54) is 6.08 Å². The molecule has 3 aromatic rings. The normalized spacial score (nSPS) is 13.1. The summed E-state index contributed by atoms with van der Waals surface area (Å²) in [5, 5.41) is 8.86. The zero-order chi connectivity index (χ0) is 18.8. The van der Waals surface area contributed by atoms with Crippen molar-refractivity contribution in [3.8, 4) is 5.69 Å². The molecule has 0 spiro atoms. The van der Waals surface area contributed by atoms with Gasteiger partial charge in [0.15, 0.2) is 0 Å². The van der Waals surface area contributed by atoms with Crippen LogP contribution < -0.4 is 5.32 Å². The third-order valence-corrected chi connectivity index (χ3v) is 5.72. The number of halogens is 2. The van der Waals surface area contributed by atoms with E-state index in [4.69, 9.17) is 23.2 Å². The number of amides is 1. The zero-order valence-electron chi connectivity index (χ0n) is 14.2. The van der Waals surface area contributed by atoms with Gasteiger partial charge in [-0.15, -0.1) is 0 Å². The maximum Gasteiger partial charge on any atom is 0.249 e. The molecule has 4 nitrogen and oxygen atoms in total. The highest BCUT2D eigenvalue weighted by atomic mass is 35.5. The number of nitrogens with one attached hydrogen (secondary N) is 1. The van der Waals surface area contributed by atoms with E-state index in [2.05, 4.69) is 10.4 Å². The second kappa shape index (κ2) is 7.80. The average Bonchev–Trinajstić information content (AvgIpc) is 3.24. The number of fused-ring (bicyclic) bond motifs is 1. The van der Waals surface area contributed by atoms with Crippen molar-refractivity contribution in [2.75, 3.05) is 5.32 Å². The summed E-state index contributed by atoms with van der Waals surface area (Å²) in [6.07, 6.45) is 3.18. The number of benzene rings is 2. The van der Waals surface area contributed by atoms with Crippen molar-refractivity contribution < 1.29 is 4.79 Å². The van der Waals surface area contributed by atoms with Gasteiger partial charge < -0.3 is 5.32 Å². The van der Waals surface area contributed by atoms with Crippen molar-refractivity contribution in [1.82, 2.24) is 9.78 Å². The summed E-state index contributed by atoms with van der Waals surface area (Å²) in [6.45, 7) is 0. The average molecular weight is 416 g/mol. The van der Waals surface area contributed by atoms with Crippen LogP contribution in [-0.4, -0.2) is 15.7 Å². The van der Waals surface area contributed by atoms with Gasteiger partial charge in [-0.25, -0.2) is 4.68 Å². The van der Waals surface area contributed by atoms with Crippen molar-refractivity contribution in [2.24, 2.45) is 0 Å². The van der Waals surface area contributed by atoms with E-state index in [1.807, 2.05) is 42.5 Å². The van der Waals surface area contributed by atoms with Crippen LogP contribution in [0.2, 0.25) is 10.0 Å². The topological polar surface area (TPSA) is 46.9 Å². The minimum atomic E-state index is -0.238. The van der Waals surface area contributed by atoms with Gasteiger partial charge in [0.2, 0.25) is 5.91 Å². The predicted molar refractivity (Wildman–Crippen MR) is 113 cm³/mol. The number of hydrogen-bond acceptors (Lipinski definition) is 3. The van der Waals surface area contributed by atoms with E-state index >= 15 is 0 Å². The zero-order valence-corrected chi connectivity index (χ0v) is 16.5. The van der Waals surface area contributed by atoms with Gasteiger partial charge >= 0.3 is 0 Å². The molecule has 0 bridgehead atoms. The molecule has 1 N–H and O–H groups in total. The largest absolute Gasteiger partial charge is 0.307 e. The molecule has 1 aliphatic rings. The number of aromatic nitrogens is 2. The predicted octanol–water partition coefficient (Wildman–Crippen LogP) is 5.58. The molecule has 0 unspecified atom stereocenters. The van der Waals surface area contributed by atoms with E-state index in [0.29, 0.717) is 15.9 Å². The fourth-order valence-corrected chi connectivity index (χ4v) is 4.29. The molecular formula is C20H15Cl2N3OS. The third-order valence-electron chi connectivity index (χ3n) is 4.17. The van der Waals surface area contributed by atoms with Gasteiger partial charge in [0, 0.05) is 33.2 Å². The van der Waals surface area contributed by atoms with Crippen LogP contribution in [0.15, 0.2) is 54.6 Å². The summed E-state index contributed by atoms with van der Waals surface area (Å²) in [6, 6.07) is 14.8. The number of nitrogens with zero attached hydrogens (tertiary/aromatic N) is 2. The van der Waals surface area contributed by atoms with Crippen molar-refractivity contribution in [3.05, 3.63) is 81.5 Å². The van der Waals surface area contributed by atoms with E-state index in [1.54, 1.807) is 28.6 Å². The van der Waals surface area contributed by atoms with Gasteiger partial charge in [0.25, 0.3) is 0 Å². The van der Waals surface area contributed by atoms with Crippen LogP contribution in [0.3, 0.4) is 0 Å². The van der Waals surface area contributed by atoms with E-state index in [0.717, 1.165) is 34.0 Å². The molecule has 0 saturated carbocycles.